The summed E-state index contributed by atoms with van der Waals surface area (Å²) in [6.07, 6.45) is 1.08. The first-order valence-electron chi connectivity index (χ1n) is 4.55. The third kappa shape index (κ3) is 2.82. The average molecular weight is 242 g/mol. The summed E-state index contributed by atoms with van der Waals surface area (Å²) < 4.78 is 1.23. The molecule has 1 aromatic rings. The molecule has 0 fully saturated rings. The normalized spacial score (nSPS) is 10.5. The van der Waals surface area contributed by atoms with Crippen LogP contribution in [0.3, 0.4) is 0 Å². The first-order valence-corrected chi connectivity index (χ1v) is 5.34. The number of halogens is 1. The van der Waals surface area contributed by atoms with E-state index in [1.807, 2.05) is 7.05 Å². The van der Waals surface area contributed by atoms with E-state index in [-0.39, 0.29) is 0 Å². The lowest BCUT2D eigenvalue weighted by molar-refractivity contribution is 0.789. The molecule has 0 aliphatic heterocycles. The summed E-state index contributed by atoms with van der Waals surface area (Å²) in [5.41, 5.74) is 4.10. The van der Waals surface area contributed by atoms with Crippen molar-refractivity contribution in [3.8, 4) is 0 Å². The molecule has 13 heavy (non-hydrogen) atoms. The van der Waals surface area contributed by atoms with Gasteiger partial charge in [-0.15, -0.1) is 0 Å². The van der Waals surface area contributed by atoms with Crippen LogP contribution in [0.1, 0.15) is 16.7 Å². The molecule has 0 aliphatic carbocycles. The summed E-state index contributed by atoms with van der Waals surface area (Å²) in [7, 11) is 1.98. The fraction of sp³-hybridized carbons (Fsp3) is 0.455. The Hall–Kier alpha value is -0.340. The molecule has 0 aliphatic rings. The zero-order chi connectivity index (χ0) is 9.84. The highest BCUT2D eigenvalue weighted by atomic mass is 79.9. The molecule has 0 saturated carbocycles. The highest BCUT2D eigenvalue weighted by molar-refractivity contribution is 9.10. The molecular formula is C11H16BrN. The third-order valence-electron chi connectivity index (χ3n) is 2.31. The molecule has 0 heterocycles. The Morgan fingerprint density at radius 1 is 1.23 bits per heavy atom. The van der Waals surface area contributed by atoms with E-state index < -0.39 is 0 Å². The molecule has 0 radical (unpaired) electrons. The molecular weight excluding hydrogens is 226 g/mol. The lowest BCUT2D eigenvalue weighted by Gasteiger charge is -2.08. The van der Waals surface area contributed by atoms with Crippen LogP contribution in [0.15, 0.2) is 16.6 Å². The van der Waals surface area contributed by atoms with Gasteiger partial charge in [0.25, 0.3) is 0 Å². The second-order valence-corrected chi connectivity index (χ2v) is 4.24. The van der Waals surface area contributed by atoms with Crippen molar-refractivity contribution in [2.75, 3.05) is 13.6 Å². The number of nitrogens with one attached hydrogen (secondary N) is 1. The molecule has 1 nitrogen and oxygen atoms in total. The largest absolute Gasteiger partial charge is 0.319 e. The number of likely N-dealkylation sites (N-methyl/N-ethyl adjacent to an activating group) is 1. The van der Waals surface area contributed by atoms with E-state index in [0.29, 0.717) is 0 Å². The van der Waals surface area contributed by atoms with Gasteiger partial charge in [0.1, 0.15) is 0 Å². The summed E-state index contributed by atoms with van der Waals surface area (Å²) in [5.74, 6) is 0. The third-order valence-corrected chi connectivity index (χ3v) is 3.05. The first-order chi connectivity index (χ1) is 6.15. The number of hydrogen-bond acceptors (Lipinski definition) is 1. The minimum absolute atomic E-state index is 1.03. The van der Waals surface area contributed by atoms with Gasteiger partial charge in [-0.2, -0.15) is 0 Å². The van der Waals surface area contributed by atoms with Crippen LogP contribution in [0.5, 0.6) is 0 Å². The van der Waals surface area contributed by atoms with Crippen molar-refractivity contribution >= 4 is 15.9 Å². The zero-order valence-electron chi connectivity index (χ0n) is 8.45. The summed E-state index contributed by atoms with van der Waals surface area (Å²) in [6, 6.07) is 4.46. The Morgan fingerprint density at radius 3 is 2.46 bits per heavy atom. The van der Waals surface area contributed by atoms with E-state index >= 15 is 0 Å². The Kier molecular flexibility index (Phi) is 3.94. The fourth-order valence-electron chi connectivity index (χ4n) is 1.29. The van der Waals surface area contributed by atoms with Gasteiger partial charge in [0.15, 0.2) is 0 Å². The van der Waals surface area contributed by atoms with Crippen molar-refractivity contribution < 1.29 is 0 Å². The monoisotopic (exact) mass is 241 g/mol. The molecule has 1 aromatic carbocycles. The van der Waals surface area contributed by atoms with E-state index in [9.17, 15) is 0 Å². The van der Waals surface area contributed by atoms with E-state index in [4.69, 9.17) is 0 Å². The Labute approximate surface area is 88.7 Å². The van der Waals surface area contributed by atoms with Crippen molar-refractivity contribution in [2.45, 2.75) is 20.3 Å². The maximum atomic E-state index is 3.58. The van der Waals surface area contributed by atoms with E-state index in [2.05, 4.69) is 47.2 Å². The molecule has 0 aromatic heterocycles. The van der Waals surface area contributed by atoms with Gasteiger partial charge in [0.05, 0.1) is 0 Å². The lowest BCUT2D eigenvalue weighted by Crippen LogP contribution is -2.10. The topological polar surface area (TPSA) is 12.0 Å². The zero-order valence-corrected chi connectivity index (χ0v) is 10.0. The van der Waals surface area contributed by atoms with Crippen LogP contribution < -0.4 is 5.32 Å². The van der Waals surface area contributed by atoms with Crippen molar-refractivity contribution in [1.82, 2.24) is 5.32 Å². The quantitative estimate of drug-likeness (QED) is 0.859. The van der Waals surface area contributed by atoms with Gasteiger partial charge in [-0.05, 0) is 56.6 Å². The van der Waals surface area contributed by atoms with Crippen LogP contribution in [-0.2, 0) is 6.42 Å². The van der Waals surface area contributed by atoms with Gasteiger partial charge in [-0.3, -0.25) is 0 Å². The van der Waals surface area contributed by atoms with E-state index in [1.165, 1.54) is 21.2 Å². The molecule has 0 bridgehead atoms. The number of benzene rings is 1. The first kappa shape index (κ1) is 10.7. The standard InChI is InChI=1S/C11H16BrN/c1-8-6-10(4-5-13-3)11(12)7-9(8)2/h6-7,13H,4-5H2,1-3H3. The van der Waals surface area contributed by atoms with Crippen LogP contribution in [-0.4, -0.2) is 13.6 Å². The molecule has 2 heteroatoms. The van der Waals surface area contributed by atoms with Crippen LogP contribution in [0.2, 0.25) is 0 Å². The van der Waals surface area contributed by atoms with Gasteiger partial charge in [0.2, 0.25) is 0 Å². The van der Waals surface area contributed by atoms with Gasteiger partial charge >= 0.3 is 0 Å². The molecule has 0 atom stereocenters. The SMILES string of the molecule is CNCCc1cc(C)c(C)cc1Br. The molecule has 0 saturated heterocycles. The Morgan fingerprint density at radius 2 is 1.85 bits per heavy atom. The van der Waals surface area contributed by atoms with Gasteiger partial charge in [0, 0.05) is 4.47 Å². The summed E-state index contributed by atoms with van der Waals surface area (Å²) in [4.78, 5) is 0. The lowest BCUT2D eigenvalue weighted by atomic mass is 10.0. The summed E-state index contributed by atoms with van der Waals surface area (Å²) >= 11 is 3.58. The van der Waals surface area contributed by atoms with Gasteiger partial charge < -0.3 is 5.32 Å². The van der Waals surface area contributed by atoms with Crippen LogP contribution >= 0.6 is 15.9 Å². The maximum Gasteiger partial charge on any atom is 0.0210 e. The minimum Gasteiger partial charge on any atom is -0.319 e. The van der Waals surface area contributed by atoms with Crippen molar-refractivity contribution in [2.24, 2.45) is 0 Å². The molecule has 0 unspecified atom stereocenters. The Bertz CT molecular complexity index is 294. The number of aryl methyl sites for hydroxylation is 2. The predicted octanol–water partition coefficient (Wildman–Crippen LogP) is 2.83. The molecule has 1 rings (SSSR count). The highest BCUT2D eigenvalue weighted by Gasteiger charge is 2.01. The van der Waals surface area contributed by atoms with E-state index in [1.54, 1.807) is 0 Å². The molecule has 0 amide bonds. The van der Waals surface area contributed by atoms with Gasteiger partial charge in [-0.1, -0.05) is 22.0 Å². The van der Waals surface area contributed by atoms with Crippen molar-refractivity contribution in [1.29, 1.82) is 0 Å². The van der Waals surface area contributed by atoms with Crippen LogP contribution in [0.25, 0.3) is 0 Å². The fourth-order valence-corrected chi connectivity index (χ4v) is 1.95. The summed E-state index contributed by atoms with van der Waals surface area (Å²) in [5, 5.41) is 3.16. The summed E-state index contributed by atoms with van der Waals surface area (Å²) in [6.45, 7) is 5.33. The molecule has 0 spiro atoms. The average Bonchev–Trinajstić information content (AvgIpc) is 2.09. The minimum atomic E-state index is 1.03. The van der Waals surface area contributed by atoms with Crippen LogP contribution in [0, 0.1) is 13.8 Å². The second kappa shape index (κ2) is 4.77. The van der Waals surface area contributed by atoms with Crippen LogP contribution in [0.4, 0.5) is 0 Å². The number of rotatable bonds is 3. The smallest absolute Gasteiger partial charge is 0.0210 e. The van der Waals surface area contributed by atoms with E-state index in [0.717, 1.165) is 13.0 Å². The van der Waals surface area contributed by atoms with Crippen molar-refractivity contribution in [3.63, 3.8) is 0 Å². The molecule has 72 valence electrons. The molecule has 1 N–H and O–H groups in total. The number of hydrogen-bond donors (Lipinski definition) is 1. The van der Waals surface area contributed by atoms with Crippen molar-refractivity contribution in [3.05, 3.63) is 33.3 Å². The Balaban J connectivity index is 2.88. The predicted molar refractivity (Wildman–Crippen MR) is 61.2 cm³/mol. The maximum absolute atomic E-state index is 3.58. The second-order valence-electron chi connectivity index (χ2n) is 3.38. The highest BCUT2D eigenvalue weighted by Crippen LogP contribution is 2.21. The van der Waals surface area contributed by atoms with Gasteiger partial charge in [-0.25, -0.2) is 0 Å².